The Labute approximate surface area is 148 Å². The van der Waals surface area contributed by atoms with Gasteiger partial charge in [-0.15, -0.1) is 5.14 Å². The maximum Gasteiger partial charge on any atom is 0.337 e. The number of nitrogen functional groups attached to an aromatic ring is 1. The smallest absolute Gasteiger partial charge is 0.337 e. The number of ketones is 1. The molecule has 0 spiro atoms. The first kappa shape index (κ1) is 17.7. The number of nitrogens with two attached hydrogens (primary N) is 1. The zero-order valence-corrected chi connectivity index (χ0v) is 14.1. The van der Waals surface area contributed by atoms with Crippen molar-refractivity contribution < 1.29 is 28.2 Å². The molecule has 1 atom stereocenters. The van der Waals surface area contributed by atoms with Crippen LogP contribution in [0.15, 0.2) is 18.2 Å². The summed E-state index contributed by atoms with van der Waals surface area (Å²) in [6.07, 6.45) is 0.0232. The maximum atomic E-state index is 13.8. The zero-order valence-electron chi connectivity index (χ0n) is 12.6. The average Bonchev–Trinajstić information content (AvgIpc) is 3.27. The topological polar surface area (TPSA) is 105 Å². The second-order valence-electron chi connectivity index (χ2n) is 5.52. The van der Waals surface area contributed by atoms with Crippen LogP contribution >= 0.6 is 22.3 Å². The van der Waals surface area contributed by atoms with E-state index in [0.29, 0.717) is 18.9 Å². The minimum absolute atomic E-state index is 0.0312. The van der Waals surface area contributed by atoms with E-state index in [1.165, 1.54) is 0 Å². The van der Waals surface area contributed by atoms with Gasteiger partial charge in [-0.3, -0.25) is 4.79 Å². The number of nitrogens with zero attached hydrogens (tertiary/aromatic N) is 1. The molecule has 1 fully saturated rings. The number of carboxylic acids is 1. The van der Waals surface area contributed by atoms with Crippen LogP contribution in [0, 0.1) is 11.6 Å². The van der Waals surface area contributed by atoms with Gasteiger partial charge in [-0.25, -0.2) is 8.78 Å². The summed E-state index contributed by atoms with van der Waals surface area (Å²) in [5, 5.41) is 16.4. The first-order valence-electron chi connectivity index (χ1n) is 7.08. The van der Waals surface area contributed by atoms with Crippen LogP contribution in [0.3, 0.4) is 0 Å². The number of hydrogen-bond acceptors (Lipinski definition) is 6. The van der Waals surface area contributed by atoms with Crippen molar-refractivity contribution in [2.24, 2.45) is 0 Å². The number of carbonyl (C=O) groups is 2. The summed E-state index contributed by atoms with van der Waals surface area (Å²) in [6.45, 7) is 0. The first-order chi connectivity index (χ1) is 11.7. The standard InChI is InChI=1S/C15H11ClF2N2O4S/c16-13-9(6-11(21)22)20-14(25(13)19)12(23)15(3-4-15)24-10-2-1-7(17)5-8(10)18/h1-2,5H,3-4,6,19H2. The second kappa shape index (κ2) is 6.32. The van der Waals surface area contributed by atoms with Crippen LogP contribution in [0.5, 0.6) is 5.75 Å². The minimum Gasteiger partial charge on any atom is -0.550 e. The van der Waals surface area contributed by atoms with E-state index in [0.717, 1.165) is 12.1 Å². The zero-order chi connectivity index (χ0) is 18.4. The summed E-state index contributed by atoms with van der Waals surface area (Å²) >= 11 is 5.95. The van der Waals surface area contributed by atoms with Crippen LogP contribution in [0.25, 0.3) is 0 Å². The van der Waals surface area contributed by atoms with Gasteiger partial charge in [-0.1, -0.05) is 0 Å². The molecule has 3 rings (SSSR count). The van der Waals surface area contributed by atoms with Gasteiger partial charge in [0, 0.05) is 18.5 Å². The fourth-order valence-electron chi connectivity index (χ4n) is 2.28. The van der Waals surface area contributed by atoms with Crippen LogP contribution in [0.4, 0.5) is 8.78 Å². The van der Waals surface area contributed by atoms with Crippen LogP contribution in [-0.4, -0.2) is 22.3 Å². The van der Waals surface area contributed by atoms with Crippen LogP contribution in [0.1, 0.15) is 28.3 Å². The number of rotatable bonds is 6. The van der Waals surface area contributed by atoms with Crippen molar-refractivity contribution >= 4 is 34.0 Å². The lowest BCUT2D eigenvalue weighted by Crippen LogP contribution is -2.31. The molecule has 1 aliphatic carbocycles. The monoisotopic (exact) mass is 388 g/mol. The summed E-state index contributed by atoms with van der Waals surface area (Å²) in [5.74, 6) is -3.97. The molecule has 2 aromatic rings. The minimum atomic E-state index is -1.41. The number of benzene rings is 1. The van der Waals surface area contributed by atoms with Gasteiger partial charge in [0.25, 0.3) is 10.1 Å². The first-order valence-corrected chi connectivity index (χ1v) is 8.75. The SMILES string of the molecule is N[s+]1c(C(=O)C2(Oc3ccc(F)cc3F)CC2)nc(CC(=O)[O-])c1Cl. The Balaban J connectivity index is 1.89. The molecule has 6 nitrogen and oxygen atoms in total. The third-order valence-electron chi connectivity index (χ3n) is 3.69. The Morgan fingerprint density at radius 3 is 2.64 bits per heavy atom. The Kier molecular flexibility index (Phi) is 4.48. The molecule has 10 heteroatoms. The summed E-state index contributed by atoms with van der Waals surface area (Å²) in [4.78, 5) is 27.4. The normalized spacial score (nSPS) is 15.8. The van der Waals surface area contributed by atoms with Gasteiger partial charge in [-0.05, 0) is 36.6 Å². The van der Waals surface area contributed by atoms with E-state index < -0.39 is 46.1 Å². The third-order valence-corrected chi connectivity index (χ3v) is 5.72. The Bertz CT molecular complexity index is 883. The number of halogens is 3. The number of thiazole rings is 1. The lowest BCUT2D eigenvalue weighted by Gasteiger charge is -2.15. The highest BCUT2D eigenvalue weighted by Gasteiger charge is 2.57. The fraction of sp³-hybridized carbons (Fsp3) is 0.267. The predicted molar refractivity (Wildman–Crippen MR) is 83.9 cm³/mol. The molecule has 0 amide bonds. The summed E-state index contributed by atoms with van der Waals surface area (Å²) in [7, 11) is -1.38. The molecule has 1 saturated carbocycles. The van der Waals surface area contributed by atoms with Crippen molar-refractivity contribution in [3.05, 3.63) is 44.9 Å². The molecular formula is C15H11ClF2N2O4S. The molecule has 1 unspecified atom stereocenters. The number of ether oxygens (including phenoxy) is 1. The van der Waals surface area contributed by atoms with E-state index in [1.54, 1.807) is 0 Å². The quantitative estimate of drug-likeness (QED) is 0.594. The molecule has 0 radical (unpaired) electrons. The van der Waals surface area contributed by atoms with E-state index in [9.17, 15) is 23.5 Å². The predicted octanol–water partition coefficient (Wildman–Crippen LogP) is 1.56. The molecule has 1 aromatic carbocycles. The molecule has 25 heavy (non-hydrogen) atoms. The van der Waals surface area contributed by atoms with Crippen LogP contribution in [-0.2, 0) is 11.2 Å². The lowest BCUT2D eigenvalue weighted by molar-refractivity contribution is -0.304. The molecule has 0 bridgehead atoms. The number of Topliss-reactive ketones (excluding diaryl/α,β-unsaturated/α-hetero) is 1. The molecule has 0 saturated heterocycles. The van der Waals surface area contributed by atoms with Crippen LogP contribution < -0.4 is 15.0 Å². The van der Waals surface area contributed by atoms with Gasteiger partial charge < -0.3 is 14.6 Å². The third kappa shape index (κ3) is 3.35. The Morgan fingerprint density at radius 2 is 2.08 bits per heavy atom. The number of aromatic nitrogens is 1. The van der Waals surface area contributed by atoms with Crippen molar-refractivity contribution in [2.45, 2.75) is 24.9 Å². The summed E-state index contributed by atoms with van der Waals surface area (Å²) in [5.41, 5.74) is -1.39. The van der Waals surface area contributed by atoms with E-state index >= 15 is 0 Å². The Hall–Kier alpha value is -2.10. The largest absolute Gasteiger partial charge is 0.550 e. The summed E-state index contributed by atoms with van der Waals surface area (Å²) in [6, 6.07) is 2.74. The van der Waals surface area contributed by atoms with Gasteiger partial charge in [0.15, 0.2) is 17.2 Å². The molecule has 0 aliphatic heterocycles. The van der Waals surface area contributed by atoms with Crippen LogP contribution in [0.2, 0.25) is 4.34 Å². The number of aliphatic carboxylic acids is 1. The van der Waals surface area contributed by atoms with Crippen molar-refractivity contribution in [1.29, 1.82) is 0 Å². The number of carbonyl (C=O) groups excluding carboxylic acids is 2. The fourth-order valence-corrected chi connectivity index (χ4v) is 3.74. The molecule has 1 aromatic heterocycles. The molecule has 2 N–H and O–H groups in total. The lowest BCUT2D eigenvalue weighted by atomic mass is 10.2. The average molecular weight is 389 g/mol. The second-order valence-corrected chi connectivity index (χ2v) is 7.60. The van der Waals surface area contributed by atoms with Crippen molar-refractivity contribution in [3.63, 3.8) is 0 Å². The van der Waals surface area contributed by atoms with E-state index in [1.807, 2.05) is 0 Å². The van der Waals surface area contributed by atoms with Gasteiger partial charge >= 0.3 is 5.01 Å². The number of carboxylic acid groups (broad SMARTS) is 1. The maximum absolute atomic E-state index is 13.8. The van der Waals surface area contributed by atoms with E-state index in [-0.39, 0.29) is 20.8 Å². The van der Waals surface area contributed by atoms with Gasteiger partial charge in [0.2, 0.25) is 0 Å². The number of hydrogen-bond donors (Lipinski definition) is 1. The Morgan fingerprint density at radius 1 is 1.40 bits per heavy atom. The van der Waals surface area contributed by atoms with E-state index in [4.69, 9.17) is 21.5 Å². The molecule has 1 heterocycles. The summed E-state index contributed by atoms with van der Waals surface area (Å²) < 4.78 is 32.2. The molecule has 132 valence electrons. The van der Waals surface area contributed by atoms with Gasteiger partial charge in [0.05, 0.1) is 0 Å². The highest BCUT2D eigenvalue weighted by molar-refractivity contribution is 7.35. The van der Waals surface area contributed by atoms with Crippen molar-refractivity contribution in [1.82, 2.24) is 4.98 Å². The van der Waals surface area contributed by atoms with Gasteiger partial charge in [-0.2, -0.15) is 4.98 Å². The van der Waals surface area contributed by atoms with E-state index in [2.05, 4.69) is 4.98 Å². The highest BCUT2D eigenvalue weighted by Crippen LogP contribution is 2.45. The van der Waals surface area contributed by atoms with Crippen molar-refractivity contribution in [3.8, 4) is 5.75 Å². The highest BCUT2D eigenvalue weighted by atomic mass is 35.5. The van der Waals surface area contributed by atoms with Gasteiger partial charge in [0.1, 0.15) is 22.2 Å². The molecular weight excluding hydrogens is 378 g/mol. The van der Waals surface area contributed by atoms with Crippen molar-refractivity contribution in [2.75, 3.05) is 5.14 Å². The molecule has 1 aliphatic rings.